The zero-order chi connectivity index (χ0) is 13.1. The lowest BCUT2D eigenvalue weighted by atomic mass is 9.93. The maximum Gasteiger partial charge on any atom is 0.0464 e. The summed E-state index contributed by atoms with van der Waals surface area (Å²) in [6.07, 6.45) is 9.64. The fraction of sp³-hybridized carbons (Fsp3) is 1.00. The predicted octanol–water partition coefficient (Wildman–Crippen LogP) is 5.29. The van der Waals surface area contributed by atoms with E-state index in [-0.39, 0.29) is 0 Å². The van der Waals surface area contributed by atoms with E-state index in [1.54, 1.807) is 7.11 Å². The van der Waals surface area contributed by atoms with Crippen molar-refractivity contribution in [1.82, 2.24) is 0 Å². The topological polar surface area (TPSA) is 9.23 Å². The van der Waals surface area contributed by atoms with Crippen LogP contribution in [0, 0.1) is 17.8 Å². The lowest BCUT2D eigenvalue weighted by Gasteiger charge is -2.14. The molecule has 0 aliphatic heterocycles. The van der Waals surface area contributed by atoms with E-state index in [1.165, 1.54) is 44.9 Å². The number of hydrogen-bond donors (Lipinski definition) is 0. The Balaban J connectivity index is 3.34. The quantitative estimate of drug-likeness (QED) is 0.478. The highest BCUT2D eigenvalue weighted by Gasteiger charge is 2.06. The molecule has 0 radical (unpaired) electrons. The van der Waals surface area contributed by atoms with Gasteiger partial charge in [-0.1, -0.05) is 66.2 Å². The Morgan fingerprint density at radius 3 is 1.65 bits per heavy atom. The summed E-state index contributed by atoms with van der Waals surface area (Å²) in [6.45, 7) is 10.3. The van der Waals surface area contributed by atoms with Crippen LogP contribution < -0.4 is 0 Å². The number of ether oxygens (including phenoxy) is 1. The zero-order valence-electron chi connectivity index (χ0n) is 12.8. The Morgan fingerprint density at radius 1 is 0.706 bits per heavy atom. The normalized spacial score (nSPS) is 15.2. The van der Waals surface area contributed by atoms with Gasteiger partial charge in [-0.05, 0) is 24.2 Å². The molecular formula is C16H34O. The monoisotopic (exact) mass is 242 g/mol. The highest BCUT2D eigenvalue weighted by Crippen LogP contribution is 2.20. The minimum absolute atomic E-state index is 0.831. The van der Waals surface area contributed by atoms with E-state index >= 15 is 0 Å². The molecule has 104 valence electrons. The molecule has 0 rings (SSSR count). The number of hydrogen-bond acceptors (Lipinski definition) is 1. The second kappa shape index (κ2) is 11.1. The lowest BCUT2D eigenvalue weighted by Crippen LogP contribution is -2.02. The van der Waals surface area contributed by atoms with E-state index in [2.05, 4.69) is 27.7 Å². The molecule has 0 unspecified atom stereocenters. The molecule has 0 aromatic carbocycles. The Bertz CT molecular complexity index is 154. The van der Waals surface area contributed by atoms with E-state index in [0.29, 0.717) is 0 Å². The molecule has 1 nitrogen and oxygen atoms in total. The van der Waals surface area contributed by atoms with Gasteiger partial charge in [0.1, 0.15) is 0 Å². The van der Waals surface area contributed by atoms with Crippen molar-refractivity contribution >= 4 is 0 Å². The van der Waals surface area contributed by atoms with Crippen molar-refractivity contribution in [3.63, 3.8) is 0 Å². The van der Waals surface area contributed by atoms with Crippen LogP contribution >= 0.6 is 0 Å². The molecule has 0 spiro atoms. The summed E-state index contributed by atoms with van der Waals surface area (Å²) < 4.78 is 5.12. The average molecular weight is 242 g/mol. The first-order valence-corrected chi connectivity index (χ1v) is 7.55. The lowest BCUT2D eigenvalue weighted by molar-refractivity contribution is 0.177. The number of rotatable bonds is 11. The van der Waals surface area contributed by atoms with Crippen LogP contribution in [0.3, 0.4) is 0 Å². The summed E-state index contributed by atoms with van der Waals surface area (Å²) in [4.78, 5) is 0. The van der Waals surface area contributed by atoms with Gasteiger partial charge >= 0.3 is 0 Å². The molecule has 0 saturated carbocycles. The van der Waals surface area contributed by atoms with E-state index in [0.717, 1.165) is 24.4 Å². The summed E-state index contributed by atoms with van der Waals surface area (Å²) in [7, 11) is 1.80. The Morgan fingerprint density at radius 2 is 1.18 bits per heavy atom. The van der Waals surface area contributed by atoms with Gasteiger partial charge in [0.05, 0.1) is 0 Å². The first-order chi connectivity index (χ1) is 8.06. The van der Waals surface area contributed by atoms with Gasteiger partial charge < -0.3 is 4.74 Å². The third kappa shape index (κ3) is 12.2. The van der Waals surface area contributed by atoms with Gasteiger partial charge in [0.2, 0.25) is 0 Å². The van der Waals surface area contributed by atoms with Crippen molar-refractivity contribution in [2.45, 2.75) is 72.6 Å². The fourth-order valence-corrected chi connectivity index (χ4v) is 2.30. The van der Waals surface area contributed by atoms with Crippen molar-refractivity contribution in [1.29, 1.82) is 0 Å². The van der Waals surface area contributed by atoms with Gasteiger partial charge in [0.15, 0.2) is 0 Å². The van der Waals surface area contributed by atoms with Crippen LogP contribution in [0.15, 0.2) is 0 Å². The van der Waals surface area contributed by atoms with E-state index < -0.39 is 0 Å². The maximum absolute atomic E-state index is 5.12. The van der Waals surface area contributed by atoms with Crippen molar-refractivity contribution in [2.24, 2.45) is 17.8 Å². The van der Waals surface area contributed by atoms with Gasteiger partial charge in [-0.3, -0.25) is 0 Å². The largest absolute Gasteiger partial charge is 0.385 e. The minimum Gasteiger partial charge on any atom is -0.385 e. The van der Waals surface area contributed by atoms with Crippen LogP contribution in [-0.2, 0) is 4.74 Å². The smallest absolute Gasteiger partial charge is 0.0464 e. The van der Waals surface area contributed by atoms with E-state index in [1.807, 2.05) is 0 Å². The molecule has 17 heavy (non-hydrogen) atoms. The van der Waals surface area contributed by atoms with Crippen LogP contribution in [0.1, 0.15) is 72.6 Å². The molecule has 0 saturated heterocycles. The molecule has 0 aliphatic rings. The van der Waals surface area contributed by atoms with Crippen molar-refractivity contribution in [3.8, 4) is 0 Å². The van der Waals surface area contributed by atoms with E-state index in [4.69, 9.17) is 4.74 Å². The van der Waals surface area contributed by atoms with Crippen LogP contribution in [0.25, 0.3) is 0 Å². The Labute approximate surface area is 109 Å². The summed E-state index contributed by atoms with van der Waals surface area (Å²) in [5, 5.41) is 0. The van der Waals surface area contributed by atoms with Crippen molar-refractivity contribution < 1.29 is 4.74 Å². The van der Waals surface area contributed by atoms with Gasteiger partial charge in [0, 0.05) is 13.7 Å². The maximum atomic E-state index is 5.12. The molecule has 1 heteroatoms. The second-order valence-corrected chi connectivity index (χ2v) is 6.25. The minimum atomic E-state index is 0.831. The fourth-order valence-electron chi connectivity index (χ4n) is 2.30. The second-order valence-electron chi connectivity index (χ2n) is 6.25. The molecule has 0 amide bonds. The molecule has 0 aromatic heterocycles. The molecule has 2 atom stereocenters. The highest BCUT2D eigenvalue weighted by atomic mass is 16.5. The Hall–Kier alpha value is -0.0400. The van der Waals surface area contributed by atoms with Gasteiger partial charge in [-0.25, -0.2) is 0 Å². The van der Waals surface area contributed by atoms with Crippen LogP contribution in [-0.4, -0.2) is 13.7 Å². The molecular weight excluding hydrogens is 208 g/mol. The summed E-state index contributed by atoms with van der Waals surface area (Å²) in [6, 6.07) is 0. The molecule has 0 fully saturated rings. The third-order valence-electron chi connectivity index (χ3n) is 3.69. The average Bonchev–Trinajstić information content (AvgIpc) is 2.25. The van der Waals surface area contributed by atoms with E-state index in [9.17, 15) is 0 Å². The van der Waals surface area contributed by atoms with Gasteiger partial charge in [-0.15, -0.1) is 0 Å². The summed E-state index contributed by atoms with van der Waals surface area (Å²) in [5.74, 6) is 2.62. The zero-order valence-corrected chi connectivity index (χ0v) is 12.8. The van der Waals surface area contributed by atoms with Crippen LogP contribution in [0.5, 0.6) is 0 Å². The molecule has 0 bridgehead atoms. The summed E-state index contributed by atoms with van der Waals surface area (Å²) in [5.41, 5.74) is 0. The van der Waals surface area contributed by atoms with Crippen LogP contribution in [0.2, 0.25) is 0 Å². The predicted molar refractivity (Wildman–Crippen MR) is 77.4 cm³/mol. The third-order valence-corrected chi connectivity index (χ3v) is 3.69. The molecule has 0 aromatic rings. The summed E-state index contributed by atoms with van der Waals surface area (Å²) >= 11 is 0. The SMILES string of the molecule is COCC[C@H](C)CCC[C@@H](C)CCCC(C)C. The molecule has 0 N–H and O–H groups in total. The highest BCUT2D eigenvalue weighted by molar-refractivity contribution is 4.58. The van der Waals surface area contributed by atoms with Crippen molar-refractivity contribution in [2.75, 3.05) is 13.7 Å². The molecule has 0 heterocycles. The number of methoxy groups -OCH3 is 1. The van der Waals surface area contributed by atoms with Gasteiger partial charge in [0.25, 0.3) is 0 Å². The standard InChI is InChI=1S/C16H34O/c1-14(2)8-6-9-15(3)10-7-11-16(4)12-13-17-5/h14-16H,6-13H2,1-5H3/t15-,16+/m0/s1. The first-order valence-electron chi connectivity index (χ1n) is 7.55. The van der Waals surface area contributed by atoms with Crippen LogP contribution in [0.4, 0.5) is 0 Å². The molecule has 0 aliphatic carbocycles. The Kier molecular flexibility index (Phi) is 11.0. The van der Waals surface area contributed by atoms with Crippen molar-refractivity contribution in [3.05, 3.63) is 0 Å². The van der Waals surface area contributed by atoms with Gasteiger partial charge in [-0.2, -0.15) is 0 Å². The first kappa shape index (κ1) is 17.0.